The summed E-state index contributed by atoms with van der Waals surface area (Å²) in [5.74, 6) is -0.192. The van der Waals surface area contributed by atoms with Crippen LogP contribution in [0.2, 0.25) is 0 Å². The van der Waals surface area contributed by atoms with Gasteiger partial charge < -0.3 is 10.0 Å². The summed E-state index contributed by atoms with van der Waals surface area (Å²) in [6.45, 7) is 5.99. The van der Waals surface area contributed by atoms with Crippen molar-refractivity contribution in [2.45, 2.75) is 26.7 Å². The number of carboxylic acids is 1. The number of likely N-dealkylation sites (tertiary alicyclic amines) is 1. The molecule has 5 unspecified atom stereocenters. The molecule has 110 valence electrons. The third-order valence-electron chi connectivity index (χ3n) is 5.51. The highest BCUT2D eigenvalue weighted by atomic mass is 16.4. The van der Waals surface area contributed by atoms with Crippen molar-refractivity contribution in [2.75, 3.05) is 13.1 Å². The Morgan fingerprint density at radius 1 is 1.20 bits per heavy atom. The Balaban J connectivity index is 1.74. The topological polar surface area (TPSA) is 57.6 Å². The second kappa shape index (κ2) is 4.90. The van der Waals surface area contributed by atoms with Gasteiger partial charge in [-0.1, -0.05) is 26.0 Å². The minimum Gasteiger partial charge on any atom is -0.481 e. The van der Waals surface area contributed by atoms with E-state index in [0.29, 0.717) is 11.8 Å². The van der Waals surface area contributed by atoms with Crippen LogP contribution in [0.4, 0.5) is 0 Å². The SMILES string of the molecule is CC(C)C1CCN(C(=O)C2C3C=CC(C3)C2C(=O)O)C1. The van der Waals surface area contributed by atoms with Crippen molar-refractivity contribution in [3.05, 3.63) is 12.2 Å². The average molecular weight is 277 g/mol. The molecular formula is C16H23NO3. The van der Waals surface area contributed by atoms with E-state index in [1.807, 2.05) is 11.0 Å². The lowest BCUT2D eigenvalue weighted by molar-refractivity contribution is -0.150. The predicted octanol–water partition coefficient (Wildman–Crippen LogP) is 2.01. The van der Waals surface area contributed by atoms with Crippen LogP contribution in [0, 0.1) is 35.5 Å². The van der Waals surface area contributed by atoms with Crippen LogP contribution < -0.4 is 0 Å². The van der Waals surface area contributed by atoms with Crippen molar-refractivity contribution >= 4 is 11.9 Å². The first-order chi connectivity index (χ1) is 9.49. The molecule has 1 saturated heterocycles. The number of hydrogen-bond donors (Lipinski definition) is 1. The first kappa shape index (κ1) is 13.7. The number of rotatable bonds is 3. The third kappa shape index (κ3) is 2.05. The van der Waals surface area contributed by atoms with Gasteiger partial charge in [-0.2, -0.15) is 0 Å². The van der Waals surface area contributed by atoms with Crippen molar-refractivity contribution in [3.8, 4) is 0 Å². The summed E-state index contributed by atoms with van der Waals surface area (Å²) in [6.07, 6.45) is 5.95. The smallest absolute Gasteiger partial charge is 0.307 e. The Morgan fingerprint density at radius 2 is 1.85 bits per heavy atom. The van der Waals surface area contributed by atoms with Gasteiger partial charge in [0.05, 0.1) is 11.8 Å². The minimum atomic E-state index is -0.806. The molecule has 0 aromatic carbocycles. The summed E-state index contributed by atoms with van der Waals surface area (Å²) in [4.78, 5) is 26.2. The van der Waals surface area contributed by atoms with Gasteiger partial charge in [-0.15, -0.1) is 0 Å². The molecule has 1 N–H and O–H groups in total. The van der Waals surface area contributed by atoms with Gasteiger partial charge in [0.15, 0.2) is 0 Å². The first-order valence-corrected chi connectivity index (χ1v) is 7.69. The second-order valence-electron chi connectivity index (χ2n) is 6.92. The molecule has 1 aliphatic heterocycles. The number of carboxylic acid groups (broad SMARTS) is 1. The summed E-state index contributed by atoms with van der Waals surface area (Å²) in [5.41, 5.74) is 0. The molecule has 4 nitrogen and oxygen atoms in total. The van der Waals surface area contributed by atoms with E-state index in [1.54, 1.807) is 0 Å². The van der Waals surface area contributed by atoms with Gasteiger partial charge >= 0.3 is 5.97 Å². The Bertz CT molecular complexity index is 457. The van der Waals surface area contributed by atoms with E-state index < -0.39 is 11.9 Å². The number of aliphatic carboxylic acids is 1. The summed E-state index contributed by atoms with van der Waals surface area (Å²) in [6, 6.07) is 0. The summed E-state index contributed by atoms with van der Waals surface area (Å²) < 4.78 is 0. The van der Waals surface area contributed by atoms with E-state index in [9.17, 15) is 14.7 Å². The molecule has 4 heteroatoms. The van der Waals surface area contributed by atoms with Gasteiger partial charge in [0.25, 0.3) is 0 Å². The van der Waals surface area contributed by atoms with Gasteiger partial charge in [0, 0.05) is 13.1 Å². The molecular weight excluding hydrogens is 254 g/mol. The van der Waals surface area contributed by atoms with Gasteiger partial charge in [0.1, 0.15) is 0 Å². The van der Waals surface area contributed by atoms with E-state index in [0.717, 1.165) is 25.9 Å². The molecule has 5 atom stereocenters. The number of allylic oxidation sites excluding steroid dienone is 2. The maximum atomic E-state index is 12.7. The molecule has 2 bridgehead atoms. The van der Waals surface area contributed by atoms with Crippen LogP contribution >= 0.6 is 0 Å². The van der Waals surface area contributed by atoms with Crippen molar-refractivity contribution in [2.24, 2.45) is 35.5 Å². The third-order valence-corrected chi connectivity index (χ3v) is 5.51. The van der Waals surface area contributed by atoms with Crippen LogP contribution in [0.15, 0.2) is 12.2 Å². The van der Waals surface area contributed by atoms with Crippen LogP contribution in [0.25, 0.3) is 0 Å². The second-order valence-corrected chi connectivity index (χ2v) is 6.92. The zero-order chi connectivity index (χ0) is 14.4. The van der Waals surface area contributed by atoms with Crippen molar-refractivity contribution in [1.29, 1.82) is 0 Å². The lowest BCUT2D eigenvalue weighted by atomic mass is 9.82. The molecule has 0 spiro atoms. The molecule has 1 heterocycles. The fourth-order valence-electron chi connectivity index (χ4n) is 4.24. The van der Waals surface area contributed by atoms with Crippen LogP contribution in [0.5, 0.6) is 0 Å². The normalized spacial score (nSPS) is 39.0. The number of amides is 1. The molecule has 3 aliphatic rings. The summed E-state index contributed by atoms with van der Waals surface area (Å²) >= 11 is 0. The Labute approximate surface area is 119 Å². The fraction of sp³-hybridized carbons (Fsp3) is 0.750. The fourth-order valence-corrected chi connectivity index (χ4v) is 4.24. The molecule has 20 heavy (non-hydrogen) atoms. The largest absolute Gasteiger partial charge is 0.481 e. The van der Waals surface area contributed by atoms with Crippen LogP contribution in [-0.4, -0.2) is 35.0 Å². The first-order valence-electron chi connectivity index (χ1n) is 7.69. The lowest BCUT2D eigenvalue weighted by Crippen LogP contribution is -2.42. The van der Waals surface area contributed by atoms with Gasteiger partial charge in [-0.3, -0.25) is 9.59 Å². The molecule has 3 rings (SSSR count). The molecule has 1 saturated carbocycles. The van der Waals surface area contributed by atoms with Crippen molar-refractivity contribution in [1.82, 2.24) is 4.90 Å². The quantitative estimate of drug-likeness (QED) is 0.803. The summed E-state index contributed by atoms with van der Waals surface area (Å²) in [5, 5.41) is 9.43. The van der Waals surface area contributed by atoms with E-state index in [2.05, 4.69) is 19.9 Å². The predicted molar refractivity (Wildman–Crippen MR) is 74.9 cm³/mol. The number of fused-ring (bicyclic) bond motifs is 2. The van der Waals surface area contributed by atoms with Crippen LogP contribution in [-0.2, 0) is 9.59 Å². The van der Waals surface area contributed by atoms with E-state index >= 15 is 0 Å². The van der Waals surface area contributed by atoms with Crippen molar-refractivity contribution in [3.63, 3.8) is 0 Å². The molecule has 0 radical (unpaired) electrons. The molecule has 2 fully saturated rings. The Morgan fingerprint density at radius 3 is 2.40 bits per heavy atom. The molecule has 2 aliphatic carbocycles. The molecule has 0 aromatic rings. The zero-order valence-electron chi connectivity index (χ0n) is 12.2. The molecule has 1 amide bonds. The van der Waals surface area contributed by atoms with Crippen LogP contribution in [0.1, 0.15) is 26.7 Å². The maximum Gasteiger partial charge on any atom is 0.307 e. The number of nitrogens with zero attached hydrogens (tertiary/aromatic N) is 1. The Hall–Kier alpha value is -1.32. The standard InChI is InChI=1S/C16H23NO3/c1-9(2)12-5-6-17(8-12)15(18)13-10-3-4-11(7-10)14(13)16(19)20/h3-4,9-14H,5-8H2,1-2H3,(H,19,20). The monoisotopic (exact) mass is 277 g/mol. The number of hydrogen-bond acceptors (Lipinski definition) is 2. The van der Waals surface area contributed by atoms with Crippen LogP contribution in [0.3, 0.4) is 0 Å². The minimum absolute atomic E-state index is 0.0648. The Kier molecular flexibility index (Phi) is 3.35. The van der Waals surface area contributed by atoms with Crippen molar-refractivity contribution < 1.29 is 14.7 Å². The van der Waals surface area contributed by atoms with E-state index in [-0.39, 0.29) is 23.7 Å². The van der Waals surface area contributed by atoms with Gasteiger partial charge in [-0.05, 0) is 36.5 Å². The average Bonchev–Trinajstić information content (AvgIpc) is 3.11. The highest BCUT2D eigenvalue weighted by Crippen LogP contribution is 2.49. The molecule has 0 aromatic heterocycles. The summed E-state index contributed by atoms with van der Waals surface area (Å²) in [7, 11) is 0. The van der Waals surface area contributed by atoms with E-state index in [4.69, 9.17) is 0 Å². The van der Waals surface area contributed by atoms with E-state index in [1.165, 1.54) is 0 Å². The van der Waals surface area contributed by atoms with Gasteiger partial charge in [-0.25, -0.2) is 0 Å². The number of carbonyl (C=O) groups excluding carboxylic acids is 1. The lowest BCUT2D eigenvalue weighted by Gasteiger charge is -2.28. The zero-order valence-corrected chi connectivity index (χ0v) is 12.2. The number of carbonyl (C=O) groups is 2. The highest BCUT2D eigenvalue weighted by molar-refractivity contribution is 5.87. The highest BCUT2D eigenvalue weighted by Gasteiger charge is 2.53. The van der Waals surface area contributed by atoms with Gasteiger partial charge in [0.2, 0.25) is 5.91 Å². The maximum absolute atomic E-state index is 12.7.